The fraction of sp³-hybridized carbons (Fsp3) is 0.571. The Morgan fingerprint density at radius 1 is 1.42 bits per heavy atom. The van der Waals surface area contributed by atoms with Crippen LogP contribution in [0.1, 0.15) is 42.5 Å². The average Bonchev–Trinajstić information content (AvgIpc) is 2.46. The number of aliphatic hydroxyl groups is 1. The molecule has 1 aliphatic rings. The summed E-state index contributed by atoms with van der Waals surface area (Å²) < 4.78 is 0.550. The van der Waals surface area contributed by atoms with Gasteiger partial charge in [-0.15, -0.1) is 0 Å². The van der Waals surface area contributed by atoms with Crippen molar-refractivity contribution in [3.8, 4) is 0 Å². The van der Waals surface area contributed by atoms with Crippen LogP contribution in [0.25, 0.3) is 0 Å². The van der Waals surface area contributed by atoms with E-state index in [1.54, 1.807) is 18.3 Å². The molecule has 0 bridgehead atoms. The summed E-state index contributed by atoms with van der Waals surface area (Å²) in [7, 11) is 0. The highest BCUT2D eigenvalue weighted by atomic mass is 79.9. The molecule has 1 heterocycles. The van der Waals surface area contributed by atoms with Gasteiger partial charge in [-0.1, -0.05) is 19.3 Å². The van der Waals surface area contributed by atoms with Crippen LogP contribution in [0.2, 0.25) is 0 Å². The molecule has 2 N–H and O–H groups in total. The van der Waals surface area contributed by atoms with Crippen molar-refractivity contribution in [2.45, 2.75) is 32.1 Å². The van der Waals surface area contributed by atoms with Crippen molar-refractivity contribution < 1.29 is 9.90 Å². The van der Waals surface area contributed by atoms with Gasteiger partial charge in [0.25, 0.3) is 5.91 Å². The van der Waals surface area contributed by atoms with Crippen LogP contribution in [0, 0.1) is 5.41 Å². The molecule has 1 aliphatic carbocycles. The molecule has 0 aromatic carbocycles. The SMILES string of the molecule is O=C(NCC1(CO)CCCCC1)c1cccnc1Br. The van der Waals surface area contributed by atoms with E-state index in [-0.39, 0.29) is 17.9 Å². The van der Waals surface area contributed by atoms with Crippen LogP contribution in [-0.2, 0) is 0 Å². The van der Waals surface area contributed by atoms with Gasteiger partial charge >= 0.3 is 0 Å². The lowest BCUT2D eigenvalue weighted by Gasteiger charge is -2.35. The second-order valence-electron chi connectivity index (χ2n) is 5.24. The molecule has 5 heteroatoms. The van der Waals surface area contributed by atoms with Crippen LogP contribution in [0.3, 0.4) is 0 Å². The third kappa shape index (κ3) is 3.54. The van der Waals surface area contributed by atoms with Crippen LogP contribution in [0.5, 0.6) is 0 Å². The largest absolute Gasteiger partial charge is 0.396 e. The molecule has 4 nitrogen and oxygen atoms in total. The molecule has 0 saturated heterocycles. The molecule has 1 saturated carbocycles. The molecular weight excluding hydrogens is 308 g/mol. The van der Waals surface area contributed by atoms with Gasteiger partial charge in [0, 0.05) is 18.2 Å². The number of carbonyl (C=O) groups excluding carboxylic acids is 1. The molecule has 0 radical (unpaired) electrons. The van der Waals surface area contributed by atoms with E-state index in [1.807, 2.05) is 0 Å². The van der Waals surface area contributed by atoms with E-state index in [2.05, 4.69) is 26.2 Å². The number of halogens is 1. The number of aliphatic hydroxyl groups excluding tert-OH is 1. The Bertz CT molecular complexity index is 445. The summed E-state index contributed by atoms with van der Waals surface area (Å²) in [5, 5.41) is 12.5. The summed E-state index contributed by atoms with van der Waals surface area (Å²) in [5.74, 6) is -0.140. The molecule has 1 amide bonds. The van der Waals surface area contributed by atoms with Gasteiger partial charge in [0.1, 0.15) is 4.60 Å². The van der Waals surface area contributed by atoms with Gasteiger partial charge in [0.05, 0.1) is 12.2 Å². The molecular formula is C14H19BrN2O2. The molecule has 0 spiro atoms. The van der Waals surface area contributed by atoms with Crippen LogP contribution >= 0.6 is 15.9 Å². The number of nitrogens with one attached hydrogen (secondary N) is 1. The number of nitrogens with zero attached hydrogens (tertiary/aromatic N) is 1. The maximum atomic E-state index is 12.1. The van der Waals surface area contributed by atoms with Crippen molar-refractivity contribution in [3.05, 3.63) is 28.5 Å². The summed E-state index contributed by atoms with van der Waals surface area (Å²) >= 11 is 3.27. The Morgan fingerprint density at radius 2 is 2.16 bits per heavy atom. The van der Waals surface area contributed by atoms with Gasteiger partial charge < -0.3 is 10.4 Å². The van der Waals surface area contributed by atoms with Gasteiger partial charge in [-0.05, 0) is 40.9 Å². The van der Waals surface area contributed by atoms with Crippen LogP contribution < -0.4 is 5.32 Å². The minimum absolute atomic E-state index is 0.136. The van der Waals surface area contributed by atoms with E-state index < -0.39 is 0 Å². The molecule has 2 rings (SSSR count). The summed E-state index contributed by atoms with van der Waals surface area (Å²) in [4.78, 5) is 16.1. The van der Waals surface area contributed by atoms with Crippen LogP contribution in [0.15, 0.2) is 22.9 Å². The molecule has 0 atom stereocenters. The molecule has 104 valence electrons. The van der Waals surface area contributed by atoms with Crippen molar-refractivity contribution >= 4 is 21.8 Å². The van der Waals surface area contributed by atoms with Gasteiger partial charge in [-0.25, -0.2) is 4.98 Å². The van der Waals surface area contributed by atoms with E-state index in [0.29, 0.717) is 16.7 Å². The lowest BCUT2D eigenvalue weighted by atomic mass is 9.74. The highest BCUT2D eigenvalue weighted by molar-refractivity contribution is 9.10. The van der Waals surface area contributed by atoms with Crippen molar-refractivity contribution in [2.75, 3.05) is 13.2 Å². The highest BCUT2D eigenvalue weighted by Crippen LogP contribution is 2.35. The maximum absolute atomic E-state index is 12.1. The lowest BCUT2D eigenvalue weighted by molar-refractivity contribution is 0.0717. The van der Waals surface area contributed by atoms with Gasteiger partial charge in [-0.2, -0.15) is 0 Å². The first-order chi connectivity index (χ1) is 9.17. The Balaban J connectivity index is 1.98. The number of hydrogen-bond acceptors (Lipinski definition) is 3. The first-order valence-corrected chi connectivity index (χ1v) is 7.46. The van der Waals surface area contributed by atoms with Crippen molar-refractivity contribution in [3.63, 3.8) is 0 Å². The Hall–Kier alpha value is -0.940. The smallest absolute Gasteiger partial charge is 0.254 e. The quantitative estimate of drug-likeness (QED) is 0.836. The zero-order valence-electron chi connectivity index (χ0n) is 10.9. The summed E-state index contributed by atoms with van der Waals surface area (Å²) in [5.41, 5.74) is 0.397. The normalized spacial score (nSPS) is 18.0. The fourth-order valence-electron chi connectivity index (χ4n) is 2.61. The molecule has 1 aromatic rings. The van der Waals surface area contributed by atoms with Gasteiger partial charge in [0.15, 0.2) is 0 Å². The maximum Gasteiger partial charge on any atom is 0.254 e. The van der Waals surface area contributed by atoms with E-state index in [1.165, 1.54) is 6.42 Å². The van der Waals surface area contributed by atoms with Gasteiger partial charge in [0.2, 0.25) is 0 Å². The minimum atomic E-state index is -0.140. The van der Waals surface area contributed by atoms with Crippen molar-refractivity contribution in [1.29, 1.82) is 0 Å². The van der Waals surface area contributed by atoms with Gasteiger partial charge in [-0.3, -0.25) is 4.79 Å². The minimum Gasteiger partial charge on any atom is -0.396 e. The van der Waals surface area contributed by atoms with Crippen molar-refractivity contribution in [2.24, 2.45) is 5.41 Å². The zero-order chi connectivity index (χ0) is 13.7. The number of carbonyl (C=O) groups is 1. The topological polar surface area (TPSA) is 62.2 Å². The number of hydrogen-bond donors (Lipinski definition) is 2. The summed E-state index contributed by atoms with van der Waals surface area (Å²) in [6.07, 6.45) is 7.09. The number of rotatable bonds is 4. The standard InChI is InChI=1S/C14H19BrN2O2/c15-12-11(5-4-8-16-12)13(19)17-9-14(10-18)6-2-1-3-7-14/h4-5,8,18H,1-3,6-7,9-10H2,(H,17,19). The predicted octanol–water partition coefficient (Wildman–Crippen LogP) is 2.52. The number of amides is 1. The molecule has 1 aromatic heterocycles. The number of pyridine rings is 1. The molecule has 0 aliphatic heterocycles. The Labute approximate surface area is 121 Å². The van der Waals surface area contributed by atoms with E-state index in [4.69, 9.17) is 0 Å². The number of aromatic nitrogens is 1. The van der Waals surface area contributed by atoms with E-state index in [0.717, 1.165) is 25.7 Å². The third-order valence-corrected chi connectivity index (χ3v) is 4.51. The lowest BCUT2D eigenvalue weighted by Crippen LogP contribution is -2.41. The first-order valence-electron chi connectivity index (χ1n) is 6.66. The fourth-order valence-corrected chi connectivity index (χ4v) is 3.04. The van der Waals surface area contributed by atoms with Crippen LogP contribution in [-0.4, -0.2) is 29.1 Å². The average molecular weight is 327 g/mol. The van der Waals surface area contributed by atoms with Crippen LogP contribution in [0.4, 0.5) is 0 Å². The monoisotopic (exact) mass is 326 g/mol. The Morgan fingerprint density at radius 3 is 2.79 bits per heavy atom. The van der Waals surface area contributed by atoms with E-state index in [9.17, 15) is 9.90 Å². The van der Waals surface area contributed by atoms with E-state index >= 15 is 0 Å². The zero-order valence-corrected chi connectivity index (χ0v) is 12.4. The Kier molecular flexibility index (Phi) is 4.93. The second kappa shape index (κ2) is 6.48. The summed E-state index contributed by atoms with van der Waals surface area (Å²) in [6.45, 7) is 0.672. The highest BCUT2D eigenvalue weighted by Gasteiger charge is 2.31. The molecule has 0 unspecified atom stereocenters. The predicted molar refractivity (Wildman–Crippen MR) is 76.9 cm³/mol. The second-order valence-corrected chi connectivity index (χ2v) is 5.99. The first kappa shape index (κ1) is 14.5. The molecule has 19 heavy (non-hydrogen) atoms. The third-order valence-electron chi connectivity index (χ3n) is 3.88. The summed E-state index contributed by atoms with van der Waals surface area (Å²) in [6, 6.07) is 3.47. The van der Waals surface area contributed by atoms with Crippen molar-refractivity contribution in [1.82, 2.24) is 10.3 Å². The molecule has 1 fully saturated rings.